The van der Waals surface area contributed by atoms with Crippen LogP contribution in [0.4, 0.5) is 5.69 Å². The molecule has 0 saturated carbocycles. The van der Waals surface area contributed by atoms with Crippen LogP contribution in [0.3, 0.4) is 0 Å². The van der Waals surface area contributed by atoms with Crippen LogP contribution in [0.1, 0.15) is 5.56 Å². The van der Waals surface area contributed by atoms with Gasteiger partial charge in [0.1, 0.15) is 0 Å². The Bertz CT molecular complexity index is 349. The van der Waals surface area contributed by atoms with Crippen molar-refractivity contribution in [1.82, 2.24) is 0 Å². The summed E-state index contributed by atoms with van der Waals surface area (Å²) in [5.74, 6) is 0.463. The molecular formula is C8H9Cl2N3. The van der Waals surface area contributed by atoms with E-state index in [0.29, 0.717) is 12.5 Å². The molecule has 0 bridgehead atoms. The second-order valence-corrected chi connectivity index (χ2v) is 3.06. The number of rotatable bonds is 0. The summed E-state index contributed by atoms with van der Waals surface area (Å²) in [5, 5.41) is 3.68. The summed E-state index contributed by atoms with van der Waals surface area (Å²) < 4.78 is 0. The molecule has 13 heavy (non-hydrogen) atoms. The van der Waals surface area contributed by atoms with Gasteiger partial charge in [-0.15, -0.1) is 12.4 Å². The lowest BCUT2D eigenvalue weighted by molar-refractivity contribution is 1.04. The van der Waals surface area contributed by atoms with Crippen LogP contribution in [0.2, 0.25) is 5.02 Å². The van der Waals surface area contributed by atoms with E-state index in [1.54, 1.807) is 0 Å². The van der Waals surface area contributed by atoms with Crippen molar-refractivity contribution in [1.29, 1.82) is 0 Å². The fourth-order valence-corrected chi connectivity index (χ4v) is 1.36. The topological polar surface area (TPSA) is 50.4 Å². The highest BCUT2D eigenvalue weighted by Gasteiger charge is 2.08. The first-order chi connectivity index (χ1) is 5.75. The van der Waals surface area contributed by atoms with Gasteiger partial charge in [0, 0.05) is 10.7 Å². The van der Waals surface area contributed by atoms with E-state index < -0.39 is 0 Å². The number of benzene rings is 1. The van der Waals surface area contributed by atoms with Crippen molar-refractivity contribution in [3.63, 3.8) is 0 Å². The highest BCUT2D eigenvalue weighted by Crippen LogP contribution is 2.23. The smallest absolute Gasteiger partial charge is 0.193 e. The van der Waals surface area contributed by atoms with Crippen LogP contribution in [-0.4, -0.2) is 5.96 Å². The molecule has 0 fully saturated rings. The first kappa shape index (κ1) is 10.2. The highest BCUT2D eigenvalue weighted by molar-refractivity contribution is 6.30. The van der Waals surface area contributed by atoms with Gasteiger partial charge in [-0.05, 0) is 23.8 Å². The Morgan fingerprint density at radius 2 is 2.23 bits per heavy atom. The van der Waals surface area contributed by atoms with E-state index in [1.807, 2.05) is 18.2 Å². The van der Waals surface area contributed by atoms with E-state index >= 15 is 0 Å². The van der Waals surface area contributed by atoms with Crippen LogP contribution in [0.25, 0.3) is 0 Å². The minimum atomic E-state index is 0. The monoisotopic (exact) mass is 217 g/mol. The van der Waals surface area contributed by atoms with Crippen LogP contribution < -0.4 is 11.1 Å². The molecule has 1 aliphatic rings. The van der Waals surface area contributed by atoms with Crippen molar-refractivity contribution in [3.8, 4) is 0 Å². The largest absolute Gasteiger partial charge is 0.370 e. The molecule has 0 saturated heterocycles. The Morgan fingerprint density at radius 1 is 1.46 bits per heavy atom. The predicted molar refractivity (Wildman–Crippen MR) is 57.6 cm³/mol. The second kappa shape index (κ2) is 3.85. The van der Waals surface area contributed by atoms with E-state index in [9.17, 15) is 0 Å². The van der Waals surface area contributed by atoms with E-state index in [0.717, 1.165) is 16.3 Å². The number of hydrogen-bond acceptors (Lipinski definition) is 3. The Hall–Kier alpha value is -0.930. The Balaban J connectivity index is 0.000000845. The van der Waals surface area contributed by atoms with Crippen LogP contribution in [0.5, 0.6) is 0 Å². The van der Waals surface area contributed by atoms with Gasteiger partial charge in [0.25, 0.3) is 0 Å². The summed E-state index contributed by atoms with van der Waals surface area (Å²) >= 11 is 5.81. The first-order valence-corrected chi connectivity index (χ1v) is 3.99. The molecule has 0 unspecified atom stereocenters. The van der Waals surface area contributed by atoms with Gasteiger partial charge in [0.2, 0.25) is 0 Å². The molecule has 1 aromatic rings. The van der Waals surface area contributed by atoms with Crippen molar-refractivity contribution < 1.29 is 0 Å². The van der Waals surface area contributed by atoms with Crippen LogP contribution in [0.15, 0.2) is 23.2 Å². The molecule has 0 aliphatic carbocycles. The molecule has 0 atom stereocenters. The van der Waals surface area contributed by atoms with Gasteiger partial charge in [0.15, 0.2) is 5.96 Å². The third kappa shape index (κ3) is 2.05. The summed E-state index contributed by atoms with van der Waals surface area (Å²) in [5.41, 5.74) is 7.57. The fourth-order valence-electron chi connectivity index (χ4n) is 1.16. The lowest BCUT2D eigenvalue weighted by atomic mass is 10.1. The molecule has 1 aromatic carbocycles. The van der Waals surface area contributed by atoms with Gasteiger partial charge in [-0.2, -0.15) is 0 Å². The number of anilines is 1. The number of nitrogens with two attached hydrogens (primary N) is 1. The van der Waals surface area contributed by atoms with E-state index in [2.05, 4.69) is 10.3 Å². The molecule has 0 radical (unpaired) electrons. The van der Waals surface area contributed by atoms with Crippen molar-refractivity contribution in [2.45, 2.75) is 6.54 Å². The Morgan fingerprint density at radius 3 is 3.00 bits per heavy atom. The maximum absolute atomic E-state index is 5.81. The molecule has 70 valence electrons. The summed E-state index contributed by atoms with van der Waals surface area (Å²) in [4.78, 5) is 4.04. The number of nitrogens with zero attached hydrogens (tertiary/aromatic N) is 1. The molecule has 2 rings (SSSR count). The number of fused-ring (bicyclic) bond motifs is 1. The van der Waals surface area contributed by atoms with Crippen LogP contribution in [-0.2, 0) is 6.54 Å². The normalized spacial score (nSPS) is 13.5. The molecule has 3 N–H and O–H groups in total. The third-order valence-corrected chi connectivity index (χ3v) is 1.98. The number of halogens is 2. The number of hydrogen-bond donors (Lipinski definition) is 2. The standard InChI is InChI=1S/C8H8ClN3.ClH/c9-6-1-2-7-5(3-6)4-11-8(10)12-7;/h1-3H,4H2,(H3,10,11,12);1H. The molecule has 0 spiro atoms. The van der Waals surface area contributed by atoms with Gasteiger partial charge in [-0.3, -0.25) is 0 Å². The van der Waals surface area contributed by atoms with Crippen molar-refractivity contribution in [2.24, 2.45) is 10.7 Å². The van der Waals surface area contributed by atoms with Gasteiger partial charge in [-0.1, -0.05) is 11.6 Å². The van der Waals surface area contributed by atoms with Crippen molar-refractivity contribution in [2.75, 3.05) is 5.32 Å². The molecule has 0 amide bonds. The van der Waals surface area contributed by atoms with Crippen molar-refractivity contribution >= 4 is 35.7 Å². The molecule has 1 heterocycles. The van der Waals surface area contributed by atoms with Gasteiger partial charge < -0.3 is 11.1 Å². The minimum absolute atomic E-state index is 0. The molecule has 3 nitrogen and oxygen atoms in total. The second-order valence-electron chi connectivity index (χ2n) is 2.63. The van der Waals surface area contributed by atoms with E-state index in [-0.39, 0.29) is 12.4 Å². The van der Waals surface area contributed by atoms with E-state index in [4.69, 9.17) is 17.3 Å². The Labute approximate surface area is 87.4 Å². The lowest BCUT2D eigenvalue weighted by Gasteiger charge is -2.15. The summed E-state index contributed by atoms with van der Waals surface area (Å²) in [7, 11) is 0. The summed E-state index contributed by atoms with van der Waals surface area (Å²) in [6, 6.07) is 5.62. The minimum Gasteiger partial charge on any atom is -0.370 e. The van der Waals surface area contributed by atoms with Crippen molar-refractivity contribution in [3.05, 3.63) is 28.8 Å². The lowest BCUT2D eigenvalue weighted by Crippen LogP contribution is -2.25. The molecular weight excluding hydrogens is 209 g/mol. The maximum atomic E-state index is 5.81. The van der Waals surface area contributed by atoms with E-state index in [1.165, 1.54) is 0 Å². The summed E-state index contributed by atoms with van der Waals surface area (Å²) in [6.07, 6.45) is 0. The molecule has 0 aromatic heterocycles. The van der Waals surface area contributed by atoms with Gasteiger partial charge in [0.05, 0.1) is 6.54 Å². The number of guanidine groups is 1. The molecule has 1 aliphatic heterocycles. The highest BCUT2D eigenvalue weighted by atomic mass is 35.5. The SMILES string of the molecule is Cl.NC1=NCc2cc(Cl)ccc2N1. The van der Waals surface area contributed by atoms with Gasteiger partial charge in [-0.25, -0.2) is 4.99 Å². The summed E-state index contributed by atoms with van der Waals surface area (Å²) in [6.45, 7) is 0.606. The average molecular weight is 218 g/mol. The number of nitrogens with one attached hydrogen (secondary N) is 1. The number of aliphatic imine (C=N–C) groups is 1. The van der Waals surface area contributed by atoms with Crippen LogP contribution >= 0.6 is 24.0 Å². The maximum Gasteiger partial charge on any atom is 0.193 e. The third-order valence-electron chi connectivity index (χ3n) is 1.75. The zero-order valence-corrected chi connectivity index (χ0v) is 8.32. The first-order valence-electron chi connectivity index (χ1n) is 3.61. The van der Waals surface area contributed by atoms with Gasteiger partial charge >= 0.3 is 0 Å². The Kier molecular flexibility index (Phi) is 3.01. The quantitative estimate of drug-likeness (QED) is 0.699. The zero-order valence-electron chi connectivity index (χ0n) is 6.75. The average Bonchev–Trinajstić information content (AvgIpc) is 2.05. The fraction of sp³-hybridized carbons (Fsp3) is 0.125. The zero-order chi connectivity index (χ0) is 8.55. The van der Waals surface area contributed by atoms with Crippen LogP contribution in [0, 0.1) is 0 Å². The predicted octanol–water partition coefficient (Wildman–Crippen LogP) is 2.00. The molecule has 5 heteroatoms.